The standard InChI is InChI=1S/C23H16ClN3O2/c24-17-7-1-5-11-21(17)29-22-12-6-4-10-20(22)27-23(28)14-13-16-15-25-18-8-2-3-9-19(18)26-16/h1-15H,(H,27,28)/b14-13+. The van der Waals surface area contributed by atoms with Gasteiger partial charge in [-0.25, -0.2) is 4.98 Å². The number of hydrogen-bond acceptors (Lipinski definition) is 4. The van der Waals surface area contributed by atoms with Crippen molar-refractivity contribution in [1.29, 1.82) is 0 Å². The van der Waals surface area contributed by atoms with Gasteiger partial charge in [0.15, 0.2) is 5.75 Å². The first-order chi connectivity index (χ1) is 14.2. The predicted octanol–water partition coefficient (Wildman–Crippen LogP) is 5.73. The van der Waals surface area contributed by atoms with Gasteiger partial charge in [-0.2, -0.15) is 0 Å². The molecule has 0 saturated carbocycles. The third-order valence-electron chi connectivity index (χ3n) is 4.07. The summed E-state index contributed by atoms with van der Waals surface area (Å²) in [6.45, 7) is 0. The number of aromatic nitrogens is 2. The normalized spacial score (nSPS) is 10.9. The highest BCUT2D eigenvalue weighted by atomic mass is 35.5. The zero-order valence-corrected chi connectivity index (χ0v) is 16.0. The van der Waals surface area contributed by atoms with E-state index in [-0.39, 0.29) is 5.91 Å². The molecule has 0 saturated heterocycles. The summed E-state index contributed by atoms with van der Waals surface area (Å²) in [6, 6.07) is 21.9. The van der Waals surface area contributed by atoms with Crippen molar-refractivity contribution >= 4 is 40.3 Å². The van der Waals surface area contributed by atoms with Crippen LogP contribution in [0.1, 0.15) is 5.69 Å². The second-order valence-corrected chi connectivity index (χ2v) is 6.54. The van der Waals surface area contributed by atoms with Crippen molar-refractivity contribution in [3.05, 3.63) is 95.8 Å². The number of nitrogens with one attached hydrogen (secondary N) is 1. The smallest absolute Gasteiger partial charge is 0.248 e. The molecule has 0 fully saturated rings. The number of halogens is 1. The number of carbonyl (C=O) groups is 1. The number of amides is 1. The molecule has 0 aliphatic carbocycles. The van der Waals surface area contributed by atoms with Crippen LogP contribution in [0.3, 0.4) is 0 Å². The maximum absolute atomic E-state index is 12.4. The second-order valence-electron chi connectivity index (χ2n) is 6.13. The molecule has 4 aromatic rings. The van der Waals surface area contributed by atoms with Gasteiger partial charge in [0.05, 0.1) is 33.6 Å². The zero-order chi connectivity index (χ0) is 20.1. The number of hydrogen-bond donors (Lipinski definition) is 1. The van der Waals surface area contributed by atoms with Crippen LogP contribution in [0, 0.1) is 0 Å². The molecule has 4 rings (SSSR count). The Labute approximate surface area is 172 Å². The van der Waals surface area contributed by atoms with Gasteiger partial charge in [-0.05, 0) is 42.5 Å². The molecule has 0 spiro atoms. The number of ether oxygens (including phenoxy) is 1. The maximum Gasteiger partial charge on any atom is 0.248 e. The molecule has 29 heavy (non-hydrogen) atoms. The van der Waals surface area contributed by atoms with Gasteiger partial charge in [-0.3, -0.25) is 9.78 Å². The average molecular weight is 402 g/mol. The lowest BCUT2D eigenvalue weighted by Crippen LogP contribution is -2.08. The van der Waals surface area contributed by atoms with Crippen LogP contribution in [0.15, 0.2) is 85.1 Å². The van der Waals surface area contributed by atoms with Crippen molar-refractivity contribution in [1.82, 2.24) is 9.97 Å². The highest BCUT2D eigenvalue weighted by molar-refractivity contribution is 6.32. The summed E-state index contributed by atoms with van der Waals surface area (Å²) >= 11 is 6.15. The molecule has 5 nitrogen and oxygen atoms in total. The molecule has 0 unspecified atom stereocenters. The molecule has 1 aromatic heterocycles. The number of benzene rings is 3. The summed E-state index contributed by atoms with van der Waals surface area (Å²) in [5.41, 5.74) is 2.71. The van der Waals surface area contributed by atoms with Crippen LogP contribution in [0.4, 0.5) is 5.69 Å². The third kappa shape index (κ3) is 4.59. The first-order valence-electron chi connectivity index (χ1n) is 8.91. The molecule has 0 aliphatic heterocycles. The Morgan fingerprint density at radius 1 is 0.897 bits per heavy atom. The minimum atomic E-state index is -0.310. The Morgan fingerprint density at radius 3 is 2.41 bits per heavy atom. The van der Waals surface area contributed by atoms with E-state index in [2.05, 4.69) is 15.3 Å². The summed E-state index contributed by atoms with van der Waals surface area (Å²) in [5.74, 6) is 0.695. The SMILES string of the molecule is O=C(/C=C/c1cnc2ccccc2n1)Nc1ccccc1Oc1ccccc1Cl. The lowest BCUT2D eigenvalue weighted by Gasteiger charge is -2.12. The fourth-order valence-electron chi connectivity index (χ4n) is 2.69. The Kier molecular flexibility index (Phi) is 5.49. The Hall–Kier alpha value is -3.70. The molecule has 1 amide bonds. The van der Waals surface area contributed by atoms with E-state index < -0.39 is 0 Å². The largest absolute Gasteiger partial charge is 0.454 e. The first kappa shape index (κ1) is 18.7. The maximum atomic E-state index is 12.4. The number of rotatable bonds is 5. The molecule has 142 valence electrons. The number of fused-ring (bicyclic) bond motifs is 1. The average Bonchev–Trinajstić information content (AvgIpc) is 2.75. The molecule has 1 N–H and O–H groups in total. The first-order valence-corrected chi connectivity index (χ1v) is 9.29. The van der Waals surface area contributed by atoms with Gasteiger partial charge < -0.3 is 10.1 Å². The predicted molar refractivity (Wildman–Crippen MR) is 115 cm³/mol. The van der Waals surface area contributed by atoms with Crippen molar-refractivity contribution in [3.8, 4) is 11.5 Å². The molecular formula is C23H16ClN3O2. The van der Waals surface area contributed by atoms with Crippen LogP contribution in [-0.4, -0.2) is 15.9 Å². The Bertz CT molecular complexity index is 1210. The second kappa shape index (κ2) is 8.54. The van der Waals surface area contributed by atoms with E-state index in [1.807, 2.05) is 48.5 Å². The van der Waals surface area contributed by atoms with Gasteiger partial charge in [-0.1, -0.05) is 48.0 Å². The minimum Gasteiger partial charge on any atom is -0.454 e. The fraction of sp³-hybridized carbons (Fsp3) is 0. The van der Waals surface area contributed by atoms with Crippen molar-refractivity contribution in [2.24, 2.45) is 0 Å². The van der Waals surface area contributed by atoms with Crippen molar-refractivity contribution in [2.45, 2.75) is 0 Å². The zero-order valence-electron chi connectivity index (χ0n) is 15.2. The van der Waals surface area contributed by atoms with Crippen LogP contribution < -0.4 is 10.1 Å². The van der Waals surface area contributed by atoms with E-state index in [0.717, 1.165) is 11.0 Å². The van der Waals surface area contributed by atoms with E-state index in [1.54, 1.807) is 36.5 Å². The van der Waals surface area contributed by atoms with Gasteiger partial charge in [-0.15, -0.1) is 0 Å². The summed E-state index contributed by atoms with van der Waals surface area (Å²) in [7, 11) is 0. The van der Waals surface area contributed by atoms with Crippen LogP contribution in [0.25, 0.3) is 17.1 Å². The lowest BCUT2D eigenvalue weighted by molar-refractivity contribution is -0.111. The molecule has 0 atom stereocenters. The monoisotopic (exact) mass is 401 g/mol. The van der Waals surface area contributed by atoms with Crippen molar-refractivity contribution < 1.29 is 9.53 Å². The summed E-state index contributed by atoms with van der Waals surface area (Å²) in [4.78, 5) is 21.2. The van der Waals surface area contributed by atoms with Crippen molar-refractivity contribution in [3.63, 3.8) is 0 Å². The van der Waals surface area contributed by atoms with Gasteiger partial charge in [0.25, 0.3) is 0 Å². The van der Waals surface area contributed by atoms with Gasteiger partial charge >= 0.3 is 0 Å². The van der Waals surface area contributed by atoms with E-state index in [0.29, 0.717) is 27.9 Å². The van der Waals surface area contributed by atoms with E-state index in [4.69, 9.17) is 16.3 Å². The van der Waals surface area contributed by atoms with Gasteiger partial charge in [0, 0.05) is 6.08 Å². The lowest BCUT2D eigenvalue weighted by atomic mass is 10.2. The minimum absolute atomic E-state index is 0.310. The van der Waals surface area contributed by atoms with Crippen molar-refractivity contribution in [2.75, 3.05) is 5.32 Å². The van der Waals surface area contributed by atoms with E-state index in [9.17, 15) is 4.79 Å². The molecule has 0 aliphatic rings. The van der Waals surface area contributed by atoms with Crippen LogP contribution in [0.5, 0.6) is 11.5 Å². The molecule has 0 radical (unpaired) electrons. The third-order valence-corrected chi connectivity index (χ3v) is 4.39. The fourth-order valence-corrected chi connectivity index (χ4v) is 2.87. The highest BCUT2D eigenvalue weighted by Gasteiger charge is 2.08. The number of carbonyl (C=O) groups excluding carboxylic acids is 1. The van der Waals surface area contributed by atoms with E-state index >= 15 is 0 Å². The summed E-state index contributed by atoms with van der Waals surface area (Å²) in [6.07, 6.45) is 4.65. The number of para-hydroxylation sites is 5. The topological polar surface area (TPSA) is 64.1 Å². The summed E-state index contributed by atoms with van der Waals surface area (Å²) < 4.78 is 5.86. The summed E-state index contributed by atoms with van der Waals surface area (Å²) in [5, 5.41) is 3.30. The quantitative estimate of drug-likeness (QED) is 0.434. The molecule has 6 heteroatoms. The van der Waals surface area contributed by atoms with Crippen LogP contribution >= 0.6 is 11.6 Å². The van der Waals surface area contributed by atoms with Crippen LogP contribution in [0.2, 0.25) is 5.02 Å². The van der Waals surface area contributed by atoms with Gasteiger partial charge in [0.1, 0.15) is 5.75 Å². The molecule has 0 bridgehead atoms. The molecule has 1 heterocycles. The highest BCUT2D eigenvalue weighted by Crippen LogP contribution is 2.33. The Balaban J connectivity index is 1.49. The van der Waals surface area contributed by atoms with E-state index in [1.165, 1.54) is 6.08 Å². The number of nitrogens with zero attached hydrogens (tertiary/aromatic N) is 2. The molecule has 3 aromatic carbocycles. The van der Waals surface area contributed by atoms with Gasteiger partial charge in [0.2, 0.25) is 5.91 Å². The Morgan fingerprint density at radius 2 is 1.59 bits per heavy atom. The number of anilines is 1. The molecular weight excluding hydrogens is 386 g/mol. The van der Waals surface area contributed by atoms with Crippen LogP contribution in [-0.2, 0) is 4.79 Å².